The summed E-state index contributed by atoms with van der Waals surface area (Å²) in [7, 11) is 2.31. The van der Waals surface area contributed by atoms with Crippen molar-refractivity contribution in [2.24, 2.45) is 5.73 Å². The number of fused-ring (bicyclic) bond motifs is 2. The third kappa shape index (κ3) is 2.72. The first-order valence-corrected chi connectivity index (χ1v) is 8.21. The van der Waals surface area contributed by atoms with Crippen LogP contribution in [0.2, 0.25) is 0 Å². The van der Waals surface area contributed by atoms with E-state index in [9.17, 15) is 0 Å². The third-order valence-electron chi connectivity index (χ3n) is 4.90. The Morgan fingerprint density at radius 1 is 1.32 bits per heavy atom. The van der Waals surface area contributed by atoms with Gasteiger partial charge in [0, 0.05) is 48.0 Å². The normalized spacial score (nSPS) is 28.8. The number of aryl methyl sites for hydroxylation is 1. The second kappa shape index (κ2) is 5.52. The number of likely N-dealkylation sites (N-methyl/N-ethyl adjacent to an activating group) is 1. The van der Waals surface area contributed by atoms with Gasteiger partial charge in [-0.05, 0) is 44.9 Å². The summed E-state index contributed by atoms with van der Waals surface area (Å²) in [5.74, 6) is 0. The van der Waals surface area contributed by atoms with Gasteiger partial charge in [0.1, 0.15) is 0 Å². The van der Waals surface area contributed by atoms with Crippen LogP contribution in [0.1, 0.15) is 34.6 Å². The molecule has 0 saturated carbocycles. The Balaban J connectivity index is 1.68. The van der Waals surface area contributed by atoms with Gasteiger partial charge in [0.05, 0.1) is 0 Å². The van der Waals surface area contributed by atoms with E-state index in [4.69, 9.17) is 5.73 Å². The molecule has 2 bridgehead atoms. The summed E-state index contributed by atoms with van der Waals surface area (Å²) in [6, 6.07) is 3.92. The van der Waals surface area contributed by atoms with Crippen molar-refractivity contribution in [1.82, 2.24) is 9.80 Å². The van der Waals surface area contributed by atoms with E-state index in [0.717, 1.165) is 18.6 Å². The van der Waals surface area contributed by atoms with Crippen molar-refractivity contribution in [3.05, 3.63) is 21.4 Å². The number of hydrogen-bond acceptors (Lipinski definition) is 4. The maximum absolute atomic E-state index is 5.75. The maximum atomic E-state index is 5.75. The first-order valence-electron chi connectivity index (χ1n) is 7.40. The minimum atomic E-state index is 0.680. The van der Waals surface area contributed by atoms with Crippen LogP contribution in [0.15, 0.2) is 6.07 Å². The molecule has 2 saturated heterocycles. The highest BCUT2D eigenvalue weighted by atomic mass is 32.1. The minimum absolute atomic E-state index is 0.680. The van der Waals surface area contributed by atoms with E-state index in [1.807, 2.05) is 11.3 Å². The fraction of sp³-hybridized carbons (Fsp3) is 0.733. The Bertz CT molecular complexity index is 443. The van der Waals surface area contributed by atoms with Crippen molar-refractivity contribution in [1.29, 1.82) is 0 Å². The Morgan fingerprint density at radius 2 is 2.11 bits per heavy atom. The molecule has 2 N–H and O–H groups in total. The molecule has 1 aromatic rings. The average Bonchev–Trinajstić information content (AvgIpc) is 2.85. The van der Waals surface area contributed by atoms with Crippen LogP contribution >= 0.6 is 11.3 Å². The average molecular weight is 279 g/mol. The van der Waals surface area contributed by atoms with Gasteiger partial charge in [-0.25, -0.2) is 0 Å². The Hall–Kier alpha value is -0.420. The zero-order valence-electron chi connectivity index (χ0n) is 12.1. The molecule has 2 aliphatic rings. The monoisotopic (exact) mass is 279 g/mol. The van der Waals surface area contributed by atoms with Gasteiger partial charge in [-0.15, -0.1) is 11.3 Å². The van der Waals surface area contributed by atoms with Gasteiger partial charge in [0.15, 0.2) is 0 Å². The predicted molar refractivity (Wildman–Crippen MR) is 81.4 cm³/mol. The molecule has 0 radical (unpaired) electrons. The third-order valence-corrected chi connectivity index (χ3v) is 6.01. The summed E-state index contributed by atoms with van der Waals surface area (Å²) in [5.41, 5.74) is 7.24. The van der Waals surface area contributed by atoms with Crippen LogP contribution in [0.5, 0.6) is 0 Å². The quantitative estimate of drug-likeness (QED) is 0.920. The van der Waals surface area contributed by atoms with Gasteiger partial charge in [-0.2, -0.15) is 0 Å². The number of thiophene rings is 1. The Labute approximate surface area is 120 Å². The van der Waals surface area contributed by atoms with Crippen molar-refractivity contribution < 1.29 is 0 Å². The summed E-state index contributed by atoms with van der Waals surface area (Å²) in [6.45, 7) is 6.51. The van der Waals surface area contributed by atoms with Crippen LogP contribution in [0.3, 0.4) is 0 Å². The largest absolute Gasteiger partial charge is 0.326 e. The van der Waals surface area contributed by atoms with E-state index in [1.165, 1.54) is 47.7 Å². The number of nitrogens with zero attached hydrogens (tertiary/aromatic N) is 2. The number of nitrogens with two attached hydrogens (primary N) is 1. The highest BCUT2D eigenvalue weighted by Gasteiger charge is 2.34. The van der Waals surface area contributed by atoms with E-state index in [0.29, 0.717) is 6.54 Å². The van der Waals surface area contributed by atoms with Gasteiger partial charge in [0.25, 0.3) is 0 Å². The summed E-state index contributed by atoms with van der Waals surface area (Å²) >= 11 is 1.86. The van der Waals surface area contributed by atoms with Crippen molar-refractivity contribution in [2.45, 2.75) is 51.4 Å². The molecule has 0 spiro atoms. The lowest BCUT2D eigenvalue weighted by Gasteiger charge is -2.25. The lowest BCUT2D eigenvalue weighted by molar-refractivity contribution is 0.214. The topological polar surface area (TPSA) is 32.5 Å². The molecule has 1 aromatic heterocycles. The van der Waals surface area contributed by atoms with E-state index in [1.54, 1.807) is 0 Å². The van der Waals surface area contributed by atoms with E-state index >= 15 is 0 Å². The van der Waals surface area contributed by atoms with Crippen LogP contribution in [-0.2, 0) is 13.1 Å². The number of rotatable bonds is 3. The van der Waals surface area contributed by atoms with E-state index < -0.39 is 0 Å². The fourth-order valence-corrected chi connectivity index (χ4v) is 4.54. The standard InChI is InChI=1S/C15H25N3S/c1-11-12(7-15(8-16)19-11)9-18-6-5-13-3-4-14(10-18)17(13)2/h7,13-14H,3-6,8-10,16H2,1-2H3. The van der Waals surface area contributed by atoms with Crippen LogP contribution in [-0.4, -0.2) is 42.0 Å². The summed E-state index contributed by atoms with van der Waals surface area (Å²) in [6.07, 6.45) is 4.12. The molecule has 4 heteroatoms. The lowest BCUT2D eigenvalue weighted by atomic mass is 10.1. The molecule has 3 rings (SSSR count). The van der Waals surface area contributed by atoms with Gasteiger partial charge >= 0.3 is 0 Å². The summed E-state index contributed by atoms with van der Waals surface area (Å²) in [4.78, 5) is 8.03. The molecule has 2 atom stereocenters. The van der Waals surface area contributed by atoms with Crippen LogP contribution in [0, 0.1) is 6.92 Å². The van der Waals surface area contributed by atoms with Crippen molar-refractivity contribution in [2.75, 3.05) is 20.1 Å². The number of likely N-dealkylation sites (tertiary alicyclic amines) is 1. The molecule has 2 unspecified atom stereocenters. The smallest absolute Gasteiger partial charge is 0.0274 e. The molecule has 0 amide bonds. The lowest BCUT2D eigenvalue weighted by Crippen LogP contribution is -2.36. The maximum Gasteiger partial charge on any atom is 0.0274 e. The molecule has 2 fully saturated rings. The van der Waals surface area contributed by atoms with Crippen LogP contribution in [0.4, 0.5) is 0 Å². The molecule has 2 aliphatic heterocycles. The molecular weight excluding hydrogens is 254 g/mol. The second-order valence-corrected chi connectivity index (χ2v) is 7.41. The molecule has 106 valence electrons. The molecular formula is C15H25N3S. The fourth-order valence-electron chi connectivity index (χ4n) is 3.61. The van der Waals surface area contributed by atoms with Crippen molar-refractivity contribution >= 4 is 11.3 Å². The Kier molecular flexibility index (Phi) is 3.94. The van der Waals surface area contributed by atoms with Crippen molar-refractivity contribution in [3.63, 3.8) is 0 Å². The molecule has 0 aromatic carbocycles. The van der Waals surface area contributed by atoms with Gasteiger partial charge in [-0.3, -0.25) is 9.80 Å². The van der Waals surface area contributed by atoms with Crippen molar-refractivity contribution in [3.8, 4) is 0 Å². The van der Waals surface area contributed by atoms with Gasteiger partial charge < -0.3 is 5.73 Å². The molecule has 3 heterocycles. The first kappa shape index (κ1) is 13.6. The van der Waals surface area contributed by atoms with Crippen LogP contribution in [0.25, 0.3) is 0 Å². The van der Waals surface area contributed by atoms with Crippen LogP contribution < -0.4 is 5.73 Å². The summed E-state index contributed by atoms with van der Waals surface area (Å²) < 4.78 is 0. The highest BCUT2D eigenvalue weighted by molar-refractivity contribution is 7.12. The predicted octanol–water partition coefficient (Wildman–Crippen LogP) is 2.18. The number of hydrogen-bond donors (Lipinski definition) is 1. The summed E-state index contributed by atoms with van der Waals surface area (Å²) in [5, 5.41) is 0. The Morgan fingerprint density at radius 3 is 2.84 bits per heavy atom. The van der Waals surface area contributed by atoms with Gasteiger partial charge in [-0.1, -0.05) is 0 Å². The molecule has 19 heavy (non-hydrogen) atoms. The second-order valence-electron chi connectivity index (χ2n) is 6.07. The first-order chi connectivity index (χ1) is 9.17. The SMILES string of the molecule is Cc1sc(CN)cc1CN1CCC2CCC(C1)N2C. The zero-order valence-corrected chi connectivity index (χ0v) is 12.9. The molecule has 0 aliphatic carbocycles. The zero-order chi connectivity index (χ0) is 13.4. The van der Waals surface area contributed by atoms with Gasteiger partial charge in [0.2, 0.25) is 0 Å². The van der Waals surface area contributed by atoms with E-state index in [-0.39, 0.29) is 0 Å². The van der Waals surface area contributed by atoms with E-state index in [2.05, 4.69) is 29.8 Å². The minimum Gasteiger partial charge on any atom is -0.326 e. The highest BCUT2D eigenvalue weighted by Crippen LogP contribution is 2.30. The molecule has 3 nitrogen and oxygen atoms in total.